The molecule has 62 heavy (non-hydrogen) atoms. The van der Waals surface area contributed by atoms with Crippen LogP contribution >= 0.6 is 0 Å². The van der Waals surface area contributed by atoms with E-state index in [-0.39, 0.29) is 36.2 Å². The van der Waals surface area contributed by atoms with Crippen molar-refractivity contribution in [3.63, 3.8) is 0 Å². The predicted molar refractivity (Wildman–Crippen MR) is 261 cm³/mol. The number of carbonyl (C=O) groups excluding carboxylic acids is 2. The summed E-state index contributed by atoms with van der Waals surface area (Å²) in [6, 6.07) is -0.621. The van der Waals surface area contributed by atoms with Crippen molar-refractivity contribution in [3.8, 4) is 0 Å². The van der Waals surface area contributed by atoms with Gasteiger partial charge in [-0.1, -0.05) is 189 Å². The number of allylic oxidation sites excluding steroid dienone is 12. The van der Waals surface area contributed by atoms with E-state index in [1.165, 1.54) is 77.0 Å². The van der Waals surface area contributed by atoms with Gasteiger partial charge in [0.25, 0.3) is 0 Å². The highest BCUT2D eigenvalue weighted by Crippen LogP contribution is 2.15. The van der Waals surface area contributed by atoms with E-state index in [1.807, 2.05) is 21.1 Å². The molecule has 0 radical (unpaired) electrons. The number of carboxylic acids is 1. The van der Waals surface area contributed by atoms with Crippen molar-refractivity contribution in [1.82, 2.24) is 0 Å². The van der Waals surface area contributed by atoms with Gasteiger partial charge in [0.15, 0.2) is 12.1 Å². The Labute approximate surface area is 381 Å². The number of carbonyl (C=O) groups is 3. The number of esters is 2. The fraction of sp³-hybridized carbons (Fsp3) is 0.722. The molecule has 0 aromatic carbocycles. The first-order valence-corrected chi connectivity index (χ1v) is 25.0. The summed E-state index contributed by atoms with van der Waals surface area (Å²) in [6.07, 6.45) is 56.6. The average Bonchev–Trinajstić information content (AvgIpc) is 3.23. The lowest BCUT2D eigenvalue weighted by Crippen LogP contribution is -2.50. The van der Waals surface area contributed by atoms with E-state index < -0.39 is 18.1 Å². The number of likely N-dealkylation sites (N-methyl/N-ethyl adjacent to an activating group) is 1. The Kier molecular flexibility index (Phi) is 42.1. The van der Waals surface area contributed by atoms with Gasteiger partial charge in [0.2, 0.25) is 0 Å². The summed E-state index contributed by atoms with van der Waals surface area (Å²) in [7, 11) is 5.52. The first-order chi connectivity index (χ1) is 30.1. The minimum atomic E-state index is -0.879. The summed E-state index contributed by atoms with van der Waals surface area (Å²) in [5.74, 6) is -1.50. The second-order valence-corrected chi connectivity index (χ2v) is 17.7. The molecule has 0 spiro atoms. The van der Waals surface area contributed by atoms with Crippen LogP contribution in [0.1, 0.15) is 200 Å². The van der Waals surface area contributed by atoms with E-state index >= 15 is 0 Å². The van der Waals surface area contributed by atoms with Crippen LogP contribution in [0.4, 0.5) is 0 Å². The van der Waals surface area contributed by atoms with E-state index in [9.17, 15) is 19.5 Å². The maximum absolute atomic E-state index is 12.8. The lowest BCUT2D eigenvalue weighted by Gasteiger charge is -2.31. The zero-order valence-electron chi connectivity index (χ0n) is 40.6. The Morgan fingerprint density at radius 1 is 0.500 bits per heavy atom. The number of hydrogen-bond donors (Lipinski definition) is 1. The number of carboxylic acid groups (broad SMARTS) is 1. The maximum Gasteiger partial charge on any atom is 0.362 e. The molecule has 0 saturated carbocycles. The summed E-state index contributed by atoms with van der Waals surface area (Å²) in [6.45, 7) is 4.60. The van der Waals surface area contributed by atoms with Crippen molar-refractivity contribution < 1.29 is 38.2 Å². The van der Waals surface area contributed by atoms with Crippen molar-refractivity contribution >= 4 is 17.9 Å². The third-order valence-electron chi connectivity index (χ3n) is 10.9. The van der Waals surface area contributed by atoms with E-state index in [4.69, 9.17) is 14.2 Å². The van der Waals surface area contributed by atoms with E-state index in [0.717, 1.165) is 89.9 Å². The van der Waals surface area contributed by atoms with Crippen LogP contribution < -0.4 is 0 Å². The number of aliphatic carboxylic acids is 1. The van der Waals surface area contributed by atoms with Crippen LogP contribution in [0, 0.1) is 0 Å². The summed E-state index contributed by atoms with van der Waals surface area (Å²) in [5, 5.41) is 9.64. The normalized spacial score (nSPS) is 13.5. The molecule has 0 heterocycles. The summed E-state index contributed by atoms with van der Waals surface area (Å²) in [5.41, 5.74) is 0. The molecule has 0 aromatic rings. The molecule has 1 N–H and O–H groups in total. The number of rotatable bonds is 44. The molecule has 0 aliphatic carbocycles. The Morgan fingerprint density at radius 3 is 1.34 bits per heavy atom. The molecule has 2 unspecified atom stereocenters. The van der Waals surface area contributed by atoms with Gasteiger partial charge < -0.3 is 23.8 Å². The SMILES string of the molecule is CC/C=C/C/C=C/C/C=C/C/C=C/C/C=C/C/C=C/CCCCCCC(=O)OCC(COCCC(C(=O)O)[N+](C)(C)C)OC(=O)CCCCCCCCCCCCCCCCC. The fourth-order valence-corrected chi connectivity index (χ4v) is 7.04. The molecule has 0 aliphatic rings. The smallest absolute Gasteiger partial charge is 0.362 e. The lowest BCUT2D eigenvalue weighted by molar-refractivity contribution is -0.887. The Balaban J connectivity index is 4.31. The second-order valence-electron chi connectivity index (χ2n) is 17.7. The second kappa shape index (κ2) is 44.4. The highest BCUT2D eigenvalue weighted by molar-refractivity contribution is 5.72. The van der Waals surface area contributed by atoms with Gasteiger partial charge in [-0.2, -0.15) is 0 Å². The van der Waals surface area contributed by atoms with Gasteiger partial charge in [0.05, 0.1) is 34.4 Å². The largest absolute Gasteiger partial charge is 0.477 e. The third-order valence-corrected chi connectivity index (χ3v) is 10.9. The quantitative estimate of drug-likeness (QED) is 0.0282. The van der Waals surface area contributed by atoms with Crippen molar-refractivity contribution in [2.24, 2.45) is 0 Å². The zero-order valence-corrected chi connectivity index (χ0v) is 40.6. The zero-order chi connectivity index (χ0) is 45.6. The Morgan fingerprint density at radius 2 is 0.903 bits per heavy atom. The van der Waals surface area contributed by atoms with Gasteiger partial charge in [0, 0.05) is 19.3 Å². The van der Waals surface area contributed by atoms with Gasteiger partial charge in [-0.05, 0) is 64.2 Å². The number of ether oxygens (including phenoxy) is 3. The van der Waals surface area contributed by atoms with Crippen molar-refractivity contribution in [2.45, 2.75) is 212 Å². The first kappa shape index (κ1) is 58.8. The monoisotopic (exact) mass is 869 g/mol. The van der Waals surface area contributed by atoms with Gasteiger partial charge in [0.1, 0.15) is 6.61 Å². The molecule has 0 aliphatic heterocycles. The first-order valence-electron chi connectivity index (χ1n) is 25.0. The third kappa shape index (κ3) is 42.1. The van der Waals surface area contributed by atoms with E-state index in [0.29, 0.717) is 19.3 Å². The molecule has 0 amide bonds. The number of unbranched alkanes of at least 4 members (excludes halogenated alkanes) is 18. The van der Waals surface area contributed by atoms with Gasteiger partial charge in [-0.15, -0.1) is 0 Å². The van der Waals surface area contributed by atoms with E-state index in [2.05, 4.69) is 86.8 Å². The van der Waals surface area contributed by atoms with Crippen LogP contribution in [0.25, 0.3) is 0 Å². The molecule has 8 nitrogen and oxygen atoms in total. The Bertz CT molecular complexity index is 1240. The highest BCUT2D eigenvalue weighted by atomic mass is 16.6. The van der Waals surface area contributed by atoms with E-state index in [1.54, 1.807) is 0 Å². The van der Waals surface area contributed by atoms with Crippen molar-refractivity contribution in [3.05, 3.63) is 72.9 Å². The fourth-order valence-electron chi connectivity index (χ4n) is 7.04. The van der Waals surface area contributed by atoms with Crippen molar-refractivity contribution in [2.75, 3.05) is 41.0 Å². The van der Waals surface area contributed by atoms with Crippen LogP contribution in [-0.4, -0.2) is 80.6 Å². The van der Waals surface area contributed by atoms with Crippen LogP contribution in [0.5, 0.6) is 0 Å². The van der Waals surface area contributed by atoms with Gasteiger partial charge >= 0.3 is 17.9 Å². The standard InChI is InChI=1S/C54H93NO7/c1-6-8-10-12-14-16-18-20-22-23-24-25-26-27-28-29-31-32-34-36-38-40-42-44-52(56)61-49-50(48-60-47-46-51(54(58)59)55(3,4)5)62-53(57)45-43-41-39-37-35-33-30-21-19-17-15-13-11-9-7-2/h8,10,14,16,20,22,24-25,27-28,31-32,50-51H,6-7,9,11-13,15,17-19,21,23,26,29-30,33-49H2,1-5H3/p+1/b10-8+,16-14+,22-20+,25-24+,28-27+,32-31+. The highest BCUT2D eigenvalue weighted by Gasteiger charge is 2.31. The van der Waals surface area contributed by atoms with Gasteiger partial charge in [-0.3, -0.25) is 9.59 Å². The molecule has 0 aromatic heterocycles. The minimum Gasteiger partial charge on any atom is -0.477 e. The predicted octanol–water partition coefficient (Wildman–Crippen LogP) is 14.3. The lowest BCUT2D eigenvalue weighted by atomic mass is 10.0. The molecule has 0 saturated heterocycles. The number of quaternary nitrogens is 1. The molecule has 0 rings (SSSR count). The minimum absolute atomic E-state index is 0.0515. The molecule has 0 fully saturated rings. The molecule has 2 atom stereocenters. The van der Waals surface area contributed by atoms with Crippen LogP contribution in [0.3, 0.4) is 0 Å². The molecular weight excluding hydrogens is 775 g/mol. The summed E-state index contributed by atoms with van der Waals surface area (Å²) >= 11 is 0. The summed E-state index contributed by atoms with van der Waals surface area (Å²) < 4.78 is 17.3. The average molecular weight is 869 g/mol. The maximum atomic E-state index is 12.8. The van der Waals surface area contributed by atoms with Gasteiger partial charge in [-0.25, -0.2) is 4.79 Å². The molecular formula is C54H94NO7+. The summed E-state index contributed by atoms with van der Waals surface area (Å²) in [4.78, 5) is 37.1. The van der Waals surface area contributed by atoms with Crippen molar-refractivity contribution in [1.29, 1.82) is 0 Å². The molecule has 356 valence electrons. The number of nitrogens with zero attached hydrogens (tertiary/aromatic N) is 1. The van der Waals surface area contributed by atoms with Crippen LogP contribution in [0.2, 0.25) is 0 Å². The van der Waals surface area contributed by atoms with Crippen LogP contribution in [-0.2, 0) is 28.6 Å². The molecule has 8 heteroatoms. The Hall–Kier alpha value is -3.23. The molecule has 0 bridgehead atoms. The topological polar surface area (TPSA) is 99.1 Å². The van der Waals surface area contributed by atoms with Crippen LogP contribution in [0.15, 0.2) is 72.9 Å². The number of hydrogen-bond acceptors (Lipinski definition) is 6.